The highest BCUT2D eigenvalue weighted by molar-refractivity contribution is 7.21. The fourth-order valence-corrected chi connectivity index (χ4v) is 4.58. The fourth-order valence-electron chi connectivity index (χ4n) is 3.64. The maximum Gasteiger partial charge on any atom is 0.283 e. The minimum atomic E-state index is -0.434. The van der Waals surface area contributed by atoms with Crippen LogP contribution in [0.2, 0.25) is 0 Å². The lowest BCUT2D eigenvalue weighted by Crippen LogP contribution is -2.17. The molecule has 4 N–H and O–H groups in total. The largest absolute Gasteiger partial charge is 0.508 e. The summed E-state index contributed by atoms with van der Waals surface area (Å²) in [5, 5.41) is 23.0. The first-order chi connectivity index (χ1) is 16.6. The first-order valence-corrected chi connectivity index (χ1v) is 11.3. The van der Waals surface area contributed by atoms with E-state index in [1.54, 1.807) is 24.3 Å². The van der Waals surface area contributed by atoms with Crippen LogP contribution in [0.3, 0.4) is 0 Å². The van der Waals surface area contributed by atoms with Crippen LogP contribution in [-0.2, 0) is 0 Å². The molecule has 0 radical (unpaired) electrons. The van der Waals surface area contributed by atoms with Crippen molar-refractivity contribution in [1.82, 2.24) is 15.6 Å². The monoisotopic (exact) mass is 465 g/mol. The average Bonchev–Trinajstić information content (AvgIpc) is 3.22. The number of hydrazone groups is 1. The summed E-state index contributed by atoms with van der Waals surface area (Å²) >= 11 is 1.18. The number of fused-ring (bicyclic) bond motifs is 1. The van der Waals surface area contributed by atoms with Crippen molar-refractivity contribution in [3.05, 3.63) is 95.4 Å². The molecule has 0 unspecified atom stereocenters. The number of carbonyl (C=O) groups excluding carboxylic acids is 1. The lowest BCUT2D eigenvalue weighted by Gasteiger charge is -2.11. The second kappa shape index (κ2) is 9.13. The zero-order valence-electron chi connectivity index (χ0n) is 17.8. The van der Waals surface area contributed by atoms with Gasteiger partial charge in [-0.15, -0.1) is 21.5 Å². The predicted molar refractivity (Wildman–Crippen MR) is 136 cm³/mol. The van der Waals surface area contributed by atoms with Crippen molar-refractivity contribution in [3.8, 4) is 28.1 Å². The highest BCUT2D eigenvalue weighted by Gasteiger charge is 2.23. The summed E-state index contributed by atoms with van der Waals surface area (Å²) in [4.78, 5) is 13.8. The van der Waals surface area contributed by atoms with Crippen LogP contribution in [0.25, 0.3) is 32.6 Å². The molecule has 0 fully saturated rings. The van der Waals surface area contributed by atoms with E-state index in [1.807, 2.05) is 60.7 Å². The Kier molecular flexibility index (Phi) is 5.72. The van der Waals surface area contributed by atoms with Gasteiger partial charge in [0.1, 0.15) is 21.2 Å². The van der Waals surface area contributed by atoms with Gasteiger partial charge in [0.25, 0.3) is 5.91 Å². The Labute approximate surface area is 199 Å². The molecule has 166 valence electrons. The van der Waals surface area contributed by atoms with Crippen molar-refractivity contribution in [2.75, 3.05) is 5.73 Å². The van der Waals surface area contributed by atoms with Crippen molar-refractivity contribution < 1.29 is 9.90 Å². The molecule has 1 amide bonds. The minimum absolute atomic E-state index is 0.157. The van der Waals surface area contributed by atoms with Gasteiger partial charge in [-0.2, -0.15) is 5.10 Å². The van der Waals surface area contributed by atoms with E-state index in [0.29, 0.717) is 26.5 Å². The van der Waals surface area contributed by atoms with E-state index in [0.717, 1.165) is 22.3 Å². The molecule has 0 aliphatic rings. The molecule has 0 saturated carbocycles. The van der Waals surface area contributed by atoms with E-state index in [2.05, 4.69) is 20.7 Å². The summed E-state index contributed by atoms with van der Waals surface area (Å²) in [6, 6.07) is 26.0. The molecule has 2 heterocycles. The molecule has 0 spiro atoms. The molecule has 7 nitrogen and oxygen atoms in total. The van der Waals surface area contributed by atoms with E-state index in [4.69, 9.17) is 5.73 Å². The van der Waals surface area contributed by atoms with E-state index in [9.17, 15) is 9.90 Å². The van der Waals surface area contributed by atoms with Crippen LogP contribution in [0.5, 0.6) is 5.75 Å². The topological polar surface area (TPSA) is 113 Å². The number of carbonyl (C=O) groups is 1. The van der Waals surface area contributed by atoms with Gasteiger partial charge in [-0.3, -0.25) is 4.79 Å². The molecule has 0 aliphatic carbocycles. The number of benzene rings is 3. The van der Waals surface area contributed by atoms with Gasteiger partial charge < -0.3 is 10.8 Å². The Morgan fingerprint density at radius 2 is 1.56 bits per heavy atom. The summed E-state index contributed by atoms with van der Waals surface area (Å²) in [5.74, 6) is -0.278. The maximum atomic E-state index is 12.9. The standard InChI is InChI=1S/C26H19N5O2S/c27-22-21-20(17-7-3-1-4-8-17)23(18-9-5-2-6-10-18)29-31-26(21)34-24(22)25(33)30-28-15-16-11-13-19(32)14-12-16/h1-15,32H,27H2,(H,30,33)/b28-15+. The molecule has 0 saturated heterocycles. The van der Waals surface area contributed by atoms with Gasteiger partial charge in [0, 0.05) is 16.5 Å². The van der Waals surface area contributed by atoms with Crippen LogP contribution in [0.4, 0.5) is 5.69 Å². The van der Waals surface area contributed by atoms with Crippen molar-refractivity contribution in [2.45, 2.75) is 0 Å². The van der Waals surface area contributed by atoms with Crippen LogP contribution >= 0.6 is 11.3 Å². The number of amides is 1. The molecule has 5 aromatic rings. The van der Waals surface area contributed by atoms with Crippen LogP contribution in [0, 0.1) is 0 Å². The SMILES string of the molecule is Nc1c(C(=O)N/N=C/c2ccc(O)cc2)sc2nnc(-c3ccccc3)c(-c3ccccc3)c12. The number of phenols is 1. The number of nitrogens with one attached hydrogen (secondary N) is 1. The average molecular weight is 466 g/mol. The molecular weight excluding hydrogens is 446 g/mol. The van der Waals surface area contributed by atoms with Gasteiger partial charge in [0.2, 0.25) is 0 Å². The van der Waals surface area contributed by atoms with Crippen LogP contribution in [0.15, 0.2) is 90.0 Å². The van der Waals surface area contributed by atoms with Gasteiger partial charge in [0.05, 0.1) is 11.9 Å². The number of aromatic hydroxyl groups is 1. The third-order valence-electron chi connectivity index (χ3n) is 5.24. The summed E-state index contributed by atoms with van der Waals surface area (Å²) in [6.07, 6.45) is 1.49. The molecule has 2 aromatic heterocycles. The zero-order chi connectivity index (χ0) is 23.5. The van der Waals surface area contributed by atoms with Crippen molar-refractivity contribution in [3.63, 3.8) is 0 Å². The molecule has 0 aliphatic heterocycles. The number of anilines is 1. The zero-order valence-corrected chi connectivity index (χ0v) is 18.7. The second-order valence-corrected chi connectivity index (χ2v) is 8.47. The van der Waals surface area contributed by atoms with Crippen molar-refractivity contribution in [1.29, 1.82) is 0 Å². The third kappa shape index (κ3) is 4.10. The molecule has 0 atom stereocenters. The van der Waals surface area contributed by atoms with Gasteiger partial charge in [-0.05, 0) is 35.4 Å². The normalized spacial score (nSPS) is 11.2. The number of phenolic OH excluding ortho intramolecular Hbond substituents is 1. The Morgan fingerprint density at radius 1 is 0.912 bits per heavy atom. The maximum absolute atomic E-state index is 12.9. The number of nitrogens with zero attached hydrogens (tertiary/aromatic N) is 3. The predicted octanol–water partition coefficient (Wildman–Crippen LogP) is 5.08. The highest BCUT2D eigenvalue weighted by Crippen LogP contribution is 2.42. The molecule has 8 heteroatoms. The summed E-state index contributed by atoms with van der Waals surface area (Å²) in [6.45, 7) is 0. The highest BCUT2D eigenvalue weighted by atomic mass is 32.1. The Balaban J connectivity index is 1.57. The Morgan fingerprint density at radius 3 is 2.24 bits per heavy atom. The number of hydrogen-bond acceptors (Lipinski definition) is 7. The molecule has 0 bridgehead atoms. The lowest BCUT2D eigenvalue weighted by molar-refractivity contribution is 0.0960. The molecular formula is C26H19N5O2S. The first kappa shape index (κ1) is 21.3. The summed E-state index contributed by atoms with van der Waals surface area (Å²) in [5.41, 5.74) is 13.5. The van der Waals surface area contributed by atoms with Gasteiger partial charge in [0.15, 0.2) is 0 Å². The molecule has 3 aromatic carbocycles. The van der Waals surface area contributed by atoms with Crippen molar-refractivity contribution >= 4 is 39.4 Å². The van der Waals surface area contributed by atoms with E-state index < -0.39 is 5.91 Å². The molecule has 34 heavy (non-hydrogen) atoms. The van der Waals surface area contributed by atoms with Gasteiger partial charge in [-0.25, -0.2) is 5.43 Å². The molecule has 5 rings (SSSR count). The Hall–Kier alpha value is -4.56. The smallest absolute Gasteiger partial charge is 0.283 e. The number of aromatic nitrogens is 2. The summed E-state index contributed by atoms with van der Waals surface area (Å²) in [7, 11) is 0. The number of nitrogens with two attached hydrogens (primary N) is 1. The third-order valence-corrected chi connectivity index (χ3v) is 6.33. The minimum Gasteiger partial charge on any atom is -0.508 e. The van der Waals surface area contributed by atoms with Gasteiger partial charge >= 0.3 is 0 Å². The number of nitrogen functional groups attached to an aromatic ring is 1. The first-order valence-electron chi connectivity index (χ1n) is 10.4. The quantitative estimate of drug-likeness (QED) is 0.247. The van der Waals surface area contributed by atoms with Crippen LogP contribution in [-0.4, -0.2) is 27.4 Å². The number of rotatable bonds is 5. The Bertz CT molecular complexity index is 1500. The van der Waals surface area contributed by atoms with Crippen LogP contribution < -0.4 is 11.2 Å². The van der Waals surface area contributed by atoms with Gasteiger partial charge in [-0.1, -0.05) is 60.7 Å². The lowest BCUT2D eigenvalue weighted by atomic mass is 9.96. The van der Waals surface area contributed by atoms with Crippen molar-refractivity contribution in [2.24, 2.45) is 5.10 Å². The summed E-state index contributed by atoms with van der Waals surface area (Å²) < 4.78 is 0. The fraction of sp³-hybridized carbons (Fsp3) is 0. The second-order valence-electron chi connectivity index (χ2n) is 7.47. The van der Waals surface area contributed by atoms with E-state index in [-0.39, 0.29) is 5.75 Å². The van der Waals surface area contributed by atoms with E-state index in [1.165, 1.54) is 17.6 Å². The number of thiophene rings is 1. The van der Waals surface area contributed by atoms with E-state index >= 15 is 0 Å². The number of hydrogen-bond donors (Lipinski definition) is 3. The van der Waals surface area contributed by atoms with Crippen LogP contribution in [0.1, 0.15) is 15.2 Å².